The van der Waals surface area contributed by atoms with E-state index in [0.717, 1.165) is 34.7 Å². The predicted octanol–water partition coefficient (Wildman–Crippen LogP) is 6.30. The Morgan fingerprint density at radius 1 is 0.839 bits per heavy atom. The summed E-state index contributed by atoms with van der Waals surface area (Å²) in [6, 6.07) is 18.0. The zero-order valence-electron chi connectivity index (χ0n) is 18.9. The van der Waals surface area contributed by atoms with Gasteiger partial charge in [0.1, 0.15) is 0 Å². The predicted molar refractivity (Wildman–Crippen MR) is 124 cm³/mol. The number of benzene rings is 3. The molecule has 4 rings (SSSR count). The molecule has 0 heterocycles. The average molecular weight is 414 g/mol. The van der Waals surface area contributed by atoms with Gasteiger partial charge in [-0.3, -0.25) is 9.59 Å². The summed E-state index contributed by atoms with van der Waals surface area (Å²) in [4.78, 5) is 23.0. The third kappa shape index (κ3) is 4.01. The number of hydrogen-bond acceptors (Lipinski definition) is 3. The van der Waals surface area contributed by atoms with Crippen LogP contribution in [-0.2, 0) is 25.2 Å². The maximum atomic E-state index is 12.0. The number of carbonyl (C=O) groups excluding carboxylic acids is 2. The lowest BCUT2D eigenvalue weighted by Gasteiger charge is -2.42. The van der Waals surface area contributed by atoms with Crippen molar-refractivity contribution in [3.05, 3.63) is 82.4 Å². The molecule has 31 heavy (non-hydrogen) atoms. The summed E-state index contributed by atoms with van der Waals surface area (Å²) in [5, 5.41) is 1.95. The van der Waals surface area contributed by atoms with E-state index >= 15 is 0 Å². The van der Waals surface area contributed by atoms with Crippen LogP contribution in [0.25, 0.3) is 10.8 Å². The zero-order valence-corrected chi connectivity index (χ0v) is 18.9. The molecule has 0 aliphatic heterocycles. The first kappa shape index (κ1) is 21.3. The highest BCUT2D eigenvalue weighted by Gasteiger charge is 2.37. The molecule has 1 unspecified atom stereocenters. The van der Waals surface area contributed by atoms with Crippen molar-refractivity contribution in [3.63, 3.8) is 0 Å². The Morgan fingerprint density at radius 3 is 2.10 bits per heavy atom. The van der Waals surface area contributed by atoms with Crippen molar-refractivity contribution in [2.24, 2.45) is 0 Å². The number of fused-ring (bicyclic) bond motifs is 2. The lowest BCUT2D eigenvalue weighted by Crippen LogP contribution is -2.34. The maximum Gasteiger partial charge on any atom is 0.303 e. The van der Waals surface area contributed by atoms with Gasteiger partial charge >= 0.3 is 5.97 Å². The summed E-state index contributed by atoms with van der Waals surface area (Å²) in [5.74, 6) is -0.312. The number of ether oxygens (including phenoxy) is 1. The Kier molecular flexibility index (Phi) is 5.25. The van der Waals surface area contributed by atoms with Crippen LogP contribution in [0.3, 0.4) is 0 Å². The first-order chi connectivity index (χ1) is 14.6. The Bertz CT molecular complexity index is 1170. The van der Waals surface area contributed by atoms with Crippen molar-refractivity contribution in [3.8, 4) is 0 Å². The molecule has 1 atom stereocenters. The Balaban J connectivity index is 1.83. The molecule has 0 saturated heterocycles. The van der Waals surface area contributed by atoms with Crippen LogP contribution in [0.2, 0.25) is 0 Å². The van der Waals surface area contributed by atoms with E-state index in [1.54, 1.807) is 6.07 Å². The van der Waals surface area contributed by atoms with Crippen molar-refractivity contribution >= 4 is 23.0 Å². The molecule has 3 aromatic rings. The Hall–Kier alpha value is -2.94. The van der Waals surface area contributed by atoms with Crippen LogP contribution in [0.4, 0.5) is 0 Å². The molecule has 0 spiro atoms. The largest absolute Gasteiger partial charge is 0.453 e. The van der Waals surface area contributed by atoms with E-state index in [0.29, 0.717) is 5.56 Å². The molecule has 0 N–H and O–H groups in total. The fourth-order valence-corrected chi connectivity index (χ4v) is 4.75. The molecule has 3 heteroatoms. The lowest BCUT2D eigenvalue weighted by molar-refractivity contribution is -0.144. The van der Waals surface area contributed by atoms with Crippen LogP contribution in [0, 0.1) is 0 Å². The van der Waals surface area contributed by atoms with Gasteiger partial charge in [-0.2, -0.15) is 0 Å². The van der Waals surface area contributed by atoms with Crippen molar-refractivity contribution in [1.82, 2.24) is 0 Å². The fraction of sp³-hybridized carbons (Fsp3) is 0.357. The van der Waals surface area contributed by atoms with Crippen LogP contribution in [0.15, 0.2) is 54.6 Å². The first-order valence-electron chi connectivity index (χ1n) is 10.8. The van der Waals surface area contributed by atoms with Gasteiger partial charge in [-0.25, -0.2) is 0 Å². The third-order valence-electron chi connectivity index (χ3n) is 6.75. The molecule has 0 amide bonds. The molecule has 3 nitrogen and oxygen atoms in total. The smallest absolute Gasteiger partial charge is 0.303 e. The van der Waals surface area contributed by atoms with Gasteiger partial charge in [0.15, 0.2) is 6.10 Å². The van der Waals surface area contributed by atoms with Gasteiger partial charge in [0.05, 0.1) is 0 Å². The number of carbonyl (C=O) groups is 1. The summed E-state index contributed by atoms with van der Waals surface area (Å²) in [7, 11) is 0. The van der Waals surface area contributed by atoms with Gasteiger partial charge in [-0.15, -0.1) is 0 Å². The maximum absolute atomic E-state index is 12.0. The molecule has 0 fully saturated rings. The highest BCUT2D eigenvalue weighted by atomic mass is 16.5. The summed E-state index contributed by atoms with van der Waals surface area (Å²) < 4.78 is 5.83. The quantitative estimate of drug-likeness (QED) is 0.472. The number of esters is 1. The van der Waals surface area contributed by atoms with Crippen LogP contribution in [0.5, 0.6) is 0 Å². The second-order valence-corrected chi connectivity index (χ2v) is 9.99. The van der Waals surface area contributed by atoms with Gasteiger partial charge in [-0.1, -0.05) is 70.2 Å². The molecule has 3 aromatic carbocycles. The molecular formula is C28H29O3. The van der Waals surface area contributed by atoms with Crippen molar-refractivity contribution in [1.29, 1.82) is 0 Å². The van der Waals surface area contributed by atoms with Gasteiger partial charge < -0.3 is 4.74 Å². The minimum Gasteiger partial charge on any atom is -0.453 e. The molecule has 0 aromatic heterocycles. The SMILES string of the molecule is CC(=O)OC(c1ccc2c(c1)C(C)(C)CCC2(C)C)c1ccc2cc([C]=O)ccc2c1. The van der Waals surface area contributed by atoms with E-state index in [4.69, 9.17) is 4.74 Å². The lowest BCUT2D eigenvalue weighted by atomic mass is 9.63. The van der Waals surface area contributed by atoms with Gasteiger partial charge in [0.2, 0.25) is 6.29 Å². The molecule has 159 valence electrons. The van der Waals surface area contributed by atoms with Crippen molar-refractivity contribution < 1.29 is 14.3 Å². The van der Waals surface area contributed by atoms with E-state index in [9.17, 15) is 9.59 Å². The van der Waals surface area contributed by atoms with E-state index < -0.39 is 6.10 Å². The minimum absolute atomic E-state index is 0.0761. The highest BCUT2D eigenvalue weighted by molar-refractivity contribution is 5.89. The molecule has 1 radical (unpaired) electrons. The number of hydrogen-bond donors (Lipinski definition) is 0. The van der Waals surface area contributed by atoms with Crippen LogP contribution in [0.1, 0.15) is 81.4 Å². The molecule has 0 bridgehead atoms. The molecular weight excluding hydrogens is 384 g/mol. The minimum atomic E-state index is -0.481. The second kappa shape index (κ2) is 7.64. The summed E-state index contributed by atoms with van der Waals surface area (Å²) in [6.07, 6.45) is 3.73. The van der Waals surface area contributed by atoms with Gasteiger partial charge in [-0.05, 0) is 68.8 Å². The molecule has 1 aliphatic rings. The summed E-state index contributed by atoms with van der Waals surface area (Å²) in [5.41, 5.74) is 5.35. The Morgan fingerprint density at radius 2 is 1.42 bits per heavy atom. The standard InChI is InChI=1S/C28H29O3/c1-18(30)31-26(22-9-8-20-14-19(17-29)6-7-21(20)15-22)23-10-11-24-25(16-23)28(4,5)13-12-27(24,2)3/h6-11,14-16,26H,12-13H2,1-5H3. The zero-order chi connectivity index (χ0) is 22.4. The van der Waals surface area contributed by atoms with E-state index in [1.165, 1.54) is 18.1 Å². The van der Waals surface area contributed by atoms with Gasteiger partial charge in [0.25, 0.3) is 0 Å². The fourth-order valence-electron chi connectivity index (χ4n) is 4.75. The Labute approximate surface area is 184 Å². The number of rotatable bonds is 4. The van der Waals surface area contributed by atoms with E-state index in [1.807, 2.05) is 36.6 Å². The monoisotopic (exact) mass is 413 g/mol. The molecule has 0 saturated carbocycles. The van der Waals surface area contributed by atoms with Crippen molar-refractivity contribution in [2.45, 2.75) is 64.4 Å². The third-order valence-corrected chi connectivity index (χ3v) is 6.75. The average Bonchev–Trinajstić information content (AvgIpc) is 2.74. The highest BCUT2D eigenvalue weighted by Crippen LogP contribution is 2.46. The van der Waals surface area contributed by atoms with Crippen LogP contribution in [-0.4, -0.2) is 12.3 Å². The van der Waals surface area contributed by atoms with E-state index in [-0.39, 0.29) is 16.8 Å². The van der Waals surface area contributed by atoms with E-state index in [2.05, 4.69) is 45.9 Å². The van der Waals surface area contributed by atoms with Gasteiger partial charge in [0, 0.05) is 12.5 Å². The molecule has 1 aliphatic carbocycles. The normalized spacial score (nSPS) is 17.6. The summed E-state index contributed by atoms with van der Waals surface area (Å²) >= 11 is 0. The van der Waals surface area contributed by atoms with Crippen LogP contribution >= 0.6 is 0 Å². The topological polar surface area (TPSA) is 43.4 Å². The van der Waals surface area contributed by atoms with Crippen molar-refractivity contribution in [2.75, 3.05) is 0 Å². The second-order valence-electron chi connectivity index (χ2n) is 9.99. The summed E-state index contributed by atoms with van der Waals surface area (Å²) in [6.45, 7) is 10.6. The first-order valence-corrected chi connectivity index (χ1v) is 10.8. The van der Waals surface area contributed by atoms with Crippen LogP contribution < -0.4 is 0 Å².